The Bertz CT molecular complexity index is 2770. The Morgan fingerprint density at radius 3 is 1.36 bits per heavy atom. The first-order valence-electron chi connectivity index (χ1n) is 19.0. The Kier molecular flexibility index (Phi) is 8.38. The normalized spacial score (nSPS) is 12.6. The predicted octanol–water partition coefficient (Wildman–Crippen LogP) is 13.3. The zero-order valence-corrected chi connectivity index (χ0v) is 30.6. The summed E-state index contributed by atoms with van der Waals surface area (Å²) in [5, 5.41) is 0. The van der Waals surface area contributed by atoms with Crippen molar-refractivity contribution in [1.82, 2.24) is 9.97 Å². The molecule has 0 N–H and O–H groups in total. The van der Waals surface area contributed by atoms with Gasteiger partial charge in [0, 0.05) is 27.8 Å². The number of ether oxygens (including phenoxy) is 1. The highest BCUT2D eigenvalue weighted by Gasteiger charge is 2.45. The molecule has 1 aliphatic rings. The Balaban J connectivity index is 1.07. The number of hydrogen-bond donors (Lipinski definition) is 0. The monoisotopic (exact) mass is 716 g/mol. The fourth-order valence-corrected chi connectivity index (χ4v) is 8.19. The van der Waals surface area contributed by atoms with E-state index in [-0.39, 0.29) is 0 Å². The third-order valence-corrected chi connectivity index (χ3v) is 10.8. The molecule has 56 heavy (non-hydrogen) atoms. The van der Waals surface area contributed by atoms with Gasteiger partial charge in [-0.05, 0) is 63.7 Å². The van der Waals surface area contributed by atoms with Crippen LogP contribution >= 0.6 is 0 Å². The van der Waals surface area contributed by atoms with Crippen LogP contribution in [0.25, 0.3) is 56.2 Å². The molecule has 0 unspecified atom stereocenters. The average Bonchev–Trinajstić information content (AvgIpc) is 3.29. The molecule has 0 bridgehead atoms. The van der Waals surface area contributed by atoms with Gasteiger partial charge < -0.3 is 4.74 Å². The minimum Gasteiger partial charge on any atom is -0.457 e. The SMILES string of the molecule is c1ccc(-c2cccc(-c3cc(-c4ccccc4)nc(-c4cccc(-c5ccc(C6(c7ccccc7)c7ccccc7Oc7ccccc76)cc5)c4)n3)c2)cc1. The molecule has 0 atom stereocenters. The van der Waals surface area contributed by atoms with Gasteiger partial charge >= 0.3 is 0 Å². The van der Waals surface area contributed by atoms with E-state index < -0.39 is 5.41 Å². The van der Waals surface area contributed by atoms with E-state index in [1.54, 1.807) is 0 Å². The van der Waals surface area contributed by atoms with Crippen LogP contribution in [-0.4, -0.2) is 9.97 Å². The third kappa shape index (κ3) is 5.87. The minimum atomic E-state index is -0.562. The van der Waals surface area contributed by atoms with Crippen molar-refractivity contribution in [2.24, 2.45) is 0 Å². The van der Waals surface area contributed by atoms with Gasteiger partial charge in [0.05, 0.1) is 16.8 Å². The van der Waals surface area contributed by atoms with Crippen molar-refractivity contribution in [3.63, 3.8) is 0 Å². The Labute approximate surface area is 327 Å². The molecule has 0 saturated heterocycles. The fourth-order valence-electron chi connectivity index (χ4n) is 8.19. The van der Waals surface area contributed by atoms with Crippen LogP contribution in [0.3, 0.4) is 0 Å². The topological polar surface area (TPSA) is 35.0 Å². The van der Waals surface area contributed by atoms with Gasteiger partial charge in [-0.3, -0.25) is 0 Å². The second kappa shape index (κ2) is 14.1. The van der Waals surface area contributed by atoms with E-state index in [4.69, 9.17) is 14.7 Å². The van der Waals surface area contributed by atoms with E-state index in [0.717, 1.165) is 67.4 Å². The maximum Gasteiger partial charge on any atom is 0.160 e. The van der Waals surface area contributed by atoms with Gasteiger partial charge in [0.25, 0.3) is 0 Å². The third-order valence-electron chi connectivity index (χ3n) is 10.8. The standard InChI is InChI=1S/C53H36N2O/c1-4-16-37(17-5-1)40-20-14-22-42(34-40)49-36-48(39-18-6-2-7-19-39)54-52(55-49)43-23-15-21-41(35-43)38-30-32-45(33-31-38)53(44-24-8-3-9-25-44)46-26-10-12-28-50(46)56-51-29-13-11-27-47(51)53/h1-36H. The van der Waals surface area contributed by atoms with Crippen LogP contribution < -0.4 is 4.74 Å². The molecule has 0 aliphatic carbocycles. The van der Waals surface area contributed by atoms with E-state index in [9.17, 15) is 0 Å². The van der Waals surface area contributed by atoms with Gasteiger partial charge in [-0.15, -0.1) is 0 Å². The molecule has 9 aromatic rings. The molecule has 0 radical (unpaired) electrons. The maximum absolute atomic E-state index is 6.51. The molecule has 10 rings (SSSR count). The number of hydrogen-bond acceptors (Lipinski definition) is 3. The molecule has 3 nitrogen and oxygen atoms in total. The van der Waals surface area contributed by atoms with Gasteiger partial charge in [-0.2, -0.15) is 0 Å². The van der Waals surface area contributed by atoms with Crippen LogP contribution in [0.4, 0.5) is 0 Å². The first-order chi connectivity index (χ1) is 27.7. The zero-order chi connectivity index (χ0) is 37.3. The average molecular weight is 717 g/mol. The fraction of sp³-hybridized carbons (Fsp3) is 0.0189. The smallest absolute Gasteiger partial charge is 0.160 e. The summed E-state index contributed by atoms with van der Waals surface area (Å²) in [6.45, 7) is 0. The van der Waals surface area contributed by atoms with Crippen molar-refractivity contribution in [3.8, 4) is 67.7 Å². The summed E-state index contributed by atoms with van der Waals surface area (Å²) in [5.41, 5.74) is 13.4. The Hall–Kier alpha value is -7.36. The Morgan fingerprint density at radius 2 is 0.732 bits per heavy atom. The van der Waals surface area contributed by atoms with Crippen LogP contribution in [0.1, 0.15) is 22.3 Å². The molecule has 0 spiro atoms. The van der Waals surface area contributed by atoms with Crippen molar-refractivity contribution in [2.75, 3.05) is 0 Å². The molecule has 3 heteroatoms. The van der Waals surface area contributed by atoms with Gasteiger partial charge in [0.1, 0.15) is 11.5 Å². The highest BCUT2D eigenvalue weighted by Crippen LogP contribution is 2.55. The Morgan fingerprint density at radius 1 is 0.304 bits per heavy atom. The molecule has 264 valence electrons. The van der Waals surface area contributed by atoms with Gasteiger partial charge in [-0.25, -0.2) is 9.97 Å². The number of fused-ring (bicyclic) bond motifs is 2. The minimum absolute atomic E-state index is 0.562. The highest BCUT2D eigenvalue weighted by atomic mass is 16.5. The number of para-hydroxylation sites is 2. The quantitative estimate of drug-likeness (QED) is 0.165. The molecule has 1 aromatic heterocycles. The van der Waals surface area contributed by atoms with Crippen molar-refractivity contribution in [3.05, 3.63) is 241 Å². The van der Waals surface area contributed by atoms with Crippen LogP contribution in [0, 0.1) is 0 Å². The van der Waals surface area contributed by atoms with E-state index >= 15 is 0 Å². The highest BCUT2D eigenvalue weighted by molar-refractivity contribution is 5.78. The summed E-state index contributed by atoms with van der Waals surface area (Å²) >= 11 is 0. The number of nitrogens with zero attached hydrogens (tertiary/aromatic N) is 2. The molecular weight excluding hydrogens is 681 g/mol. The van der Waals surface area contributed by atoms with Gasteiger partial charge in [-0.1, -0.05) is 188 Å². The summed E-state index contributed by atoms with van der Waals surface area (Å²) in [7, 11) is 0. The van der Waals surface area contributed by atoms with Crippen molar-refractivity contribution in [1.29, 1.82) is 0 Å². The molecule has 8 aromatic carbocycles. The maximum atomic E-state index is 6.51. The first kappa shape index (κ1) is 33.2. The molecule has 0 amide bonds. The first-order valence-corrected chi connectivity index (χ1v) is 19.0. The second-order valence-electron chi connectivity index (χ2n) is 14.1. The van der Waals surface area contributed by atoms with Crippen molar-refractivity contribution in [2.45, 2.75) is 5.41 Å². The summed E-state index contributed by atoms with van der Waals surface area (Å²) in [4.78, 5) is 10.4. The zero-order valence-electron chi connectivity index (χ0n) is 30.6. The van der Waals surface area contributed by atoms with E-state index in [1.807, 2.05) is 24.3 Å². The lowest BCUT2D eigenvalue weighted by Gasteiger charge is -2.41. The molecule has 1 aliphatic heterocycles. The summed E-state index contributed by atoms with van der Waals surface area (Å²) in [5.74, 6) is 2.43. The molecular formula is C53H36N2O. The lowest BCUT2D eigenvalue weighted by Crippen LogP contribution is -2.34. The molecule has 0 fully saturated rings. The summed E-state index contributed by atoms with van der Waals surface area (Å²) in [6, 6.07) is 76.7. The van der Waals surface area contributed by atoms with E-state index in [2.05, 4.69) is 194 Å². The van der Waals surface area contributed by atoms with Gasteiger partial charge in [0.2, 0.25) is 0 Å². The summed E-state index contributed by atoms with van der Waals surface area (Å²) < 4.78 is 6.51. The van der Waals surface area contributed by atoms with E-state index in [1.165, 1.54) is 16.7 Å². The largest absolute Gasteiger partial charge is 0.457 e. The molecule has 0 saturated carbocycles. The summed E-state index contributed by atoms with van der Waals surface area (Å²) in [6.07, 6.45) is 0. The van der Waals surface area contributed by atoms with Crippen molar-refractivity contribution >= 4 is 0 Å². The lowest BCUT2D eigenvalue weighted by atomic mass is 9.63. The van der Waals surface area contributed by atoms with Crippen LogP contribution in [0.15, 0.2) is 218 Å². The van der Waals surface area contributed by atoms with Crippen LogP contribution in [-0.2, 0) is 5.41 Å². The number of benzene rings is 8. The van der Waals surface area contributed by atoms with Crippen LogP contribution in [0.5, 0.6) is 11.5 Å². The molecule has 2 heterocycles. The van der Waals surface area contributed by atoms with Crippen molar-refractivity contribution < 1.29 is 4.74 Å². The number of rotatable bonds is 7. The lowest BCUT2D eigenvalue weighted by molar-refractivity contribution is 0.434. The van der Waals surface area contributed by atoms with Crippen LogP contribution in [0.2, 0.25) is 0 Å². The van der Waals surface area contributed by atoms with E-state index in [0.29, 0.717) is 5.82 Å². The van der Waals surface area contributed by atoms with Gasteiger partial charge in [0.15, 0.2) is 5.82 Å². The second-order valence-corrected chi connectivity index (χ2v) is 14.1. The number of aromatic nitrogens is 2. The predicted molar refractivity (Wildman–Crippen MR) is 228 cm³/mol.